The molecule has 0 amide bonds. The lowest BCUT2D eigenvalue weighted by Gasteiger charge is -2.07. The molecule has 2 heterocycles. The molecular formula is C9H13N7O2S. The van der Waals surface area contributed by atoms with Gasteiger partial charge in [-0.1, -0.05) is 0 Å². The normalized spacial score (nSPS) is 11.3. The predicted molar refractivity (Wildman–Crippen MR) is 68.6 cm³/mol. The number of aromatic nitrogens is 4. The number of hydrogen-bond donors (Lipinski definition) is 3. The molecule has 0 spiro atoms. The van der Waals surface area contributed by atoms with Crippen LogP contribution < -0.4 is 16.0 Å². The van der Waals surface area contributed by atoms with Gasteiger partial charge in [0.05, 0.1) is 18.1 Å². The van der Waals surface area contributed by atoms with Crippen LogP contribution in [0.25, 0.3) is 0 Å². The molecule has 0 aromatic carbocycles. The third kappa shape index (κ3) is 2.80. The molecule has 0 fully saturated rings. The van der Waals surface area contributed by atoms with Crippen molar-refractivity contribution < 1.29 is 8.42 Å². The van der Waals surface area contributed by atoms with E-state index in [0.717, 1.165) is 12.4 Å². The van der Waals surface area contributed by atoms with Gasteiger partial charge in [-0.15, -0.1) is 0 Å². The van der Waals surface area contributed by atoms with Gasteiger partial charge in [-0.2, -0.15) is 5.10 Å². The van der Waals surface area contributed by atoms with Crippen molar-refractivity contribution in [2.24, 2.45) is 12.9 Å². The van der Waals surface area contributed by atoms with Crippen LogP contribution in [0.1, 0.15) is 5.69 Å². The SMILES string of the molecule is Cc1cc(NS(=O)(=O)c2cnc(NN)nc2)n(C)n1. The summed E-state index contributed by atoms with van der Waals surface area (Å²) >= 11 is 0. The molecule has 0 saturated heterocycles. The summed E-state index contributed by atoms with van der Waals surface area (Å²) in [5, 5.41) is 4.05. The largest absolute Gasteiger partial charge is 0.292 e. The highest BCUT2D eigenvalue weighted by Crippen LogP contribution is 2.15. The monoisotopic (exact) mass is 283 g/mol. The molecule has 0 aliphatic heterocycles. The van der Waals surface area contributed by atoms with Crippen molar-refractivity contribution in [1.29, 1.82) is 0 Å². The first-order valence-corrected chi connectivity index (χ1v) is 6.73. The van der Waals surface area contributed by atoms with Crippen molar-refractivity contribution in [3.05, 3.63) is 24.2 Å². The number of anilines is 2. The van der Waals surface area contributed by atoms with Gasteiger partial charge >= 0.3 is 0 Å². The van der Waals surface area contributed by atoms with Gasteiger partial charge in [-0.25, -0.2) is 24.2 Å². The Morgan fingerprint density at radius 2 is 1.95 bits per heavy atom. The fraction of sp³-hybridized carbons (Fsp3) is 0.222. The van der Waals surface area contributed by atoms with Crippen LogP contribution in [-0.2, 0) is 17.1 Å². The van der Waals surface area contributed by atoms with E-state index < -0.39 is 10.0 Å². The van der Waals surface area contributed by atoms with Gasteiger partial charge in [0, 0.05) is 13.1 Å². The van der Waals surface area contributed by atoms with E-state index in [9.17, 15) is 8.42 Å². The molecule has 0 atom stereocenters. The average molecular weight is 283 g/mol. The van der Waals surface area contributed by atoms with E-state index in [4.69, 9.17) is 5.84 Å². The molecule has 19 heavy (non-hydrogen) atoms. The minimum absolute atomic E-state index is 0.0645. The Bertz CT molecular complexity index is 677. The summed E-state index contributed by atoms with van der Waals surface area (Å²) in [7, 11) is -2.11. The molecule has 9 nitrogen and oxygen atoms in total. The second-order valence-electron chi connectivity index (χ2n) is 3.79. The highest BCUT2D eigenvalue weighted by Gasteiger charge is 2.17. The second kappa shape index (κ2) is 4.82. The van der Waals surface area contributed by atoms with Crippen LogP contribution >= 0.6 is 0 Å². The van der Waals surface area contributed by atoms with E-state index in [2.05, 4.69) is 25.2 Å². The Balaban J connectivity index is 2.29. The molecule has 0 saturated carbocycles. The fourth-order valence-electron chi connectivity index (χ4n) is 1.43. The maximum Gasteiger partial charge on any atom is 0.266 e. The molecule has 0 bridgehead atoms. The minimum atomic E-state index is -3.75. The molecule has 2 aromatic heterocycles. The first kappa shape index (κ1) is 13.2. The van der Waals surface area contributed by atoms with E-state index in [0.29, 0.717) is 11.5 Å². The average Bonchev–Trinajstić information content (AvgIpc) is 2.67. The number of nitrogens with zero attached hydrogens (tertiary/aromatic N) is 4. The number of hydrazine groups is 1. The maximum absolute atomic E-state index is 12.1. The summed E-state index contributed by atoms with van der Waals surface area (Å²) in [6, 6.07) is 1.62. The highest BCUT2D eigenvalue weighted by molar-refractivity contribution is 7.92. The highest BCUT2D eigenvalue weighted by atomic mass is 32.2. The van der Waals surface area contributed by atoms with Crippen molar-refractivity contribution in [2.75, 3.05) is 10.1 Å². The number of nitrogen functional groups attached to an aromatic ring is 1. The summed E-state index contributed by atoms with van der Waals surface area (Å²) in [6.07, 6.45) is 2.32. The zero-order valence-corrected chi connectivity index (χ0v) is 11.1. The van der Waals surface area contributed by atoms with Crippen LogP contribution in [-0.4, -0.2) is 28.2 Å². The standard InChI is InChI=1S/C9H13N7O2S/c1-6-3-8(16(2)14-6)15-19(17,18)7-4-11-9(13-10)12-5-7/h3-5,15H,10H2,1-2H3,(H,11,12,13). The summed E-state index contributed by atoms with van der Waals surface area (Å²) in [5.74, 6) is 5.60. The zero-order chi connectivity index (χ0) is 14.0. The van der Waals surface area contributed by atoms with Gasteiger partial charge in [0.1, 0.15) is 10.7 Å². The lowest BCUT2D eigenvalue weighted by Crippen LogP contribution is -2.17. The molecule has 10 heteroatoms. The number of hydrogen-bond acceptors (Lipinski definition) is 7. The first-order valence-electron chi connectivity index (χ1n) is 5.24. The number of sulfonamides is 1. The molecule has 0 aliphatic carbocycles. The summed E-state index contributed by atoms with van der Waals surface area (Å²) in [6.45, 7) is 1.77. The maximum atomic E-state index is 12.1. The van der Waals surface area contributed by atoms with Gasteiger partial charge in [0.25, 0.3) is 10.0 Å². The Hall–Kier alpha value is -2.20. The predicted octanol–water partition coefficient (Wildman–Crippen LogP) is -0.395. The van der Waals surface area contributed by atoms with Gasteiger partial charge in [0.2, 0.25) is 5.95 Å². The Morgan fingerprint density at radius 1 is 1.32 bits per heavy atom. The number of aryl methyl sites for hydroxylation is 2. The van der Waals surface area contributed by atoms with Crippen LogP contribution in [0.5, 0.6) is 0 Å². The van der Waals surface area contributed by atoms with Crippen LogP contribution in [0.3, 0.4) is 0 Å². The number of nitrogens with one attached hydrogen (secondary N) is 2. The second-order valence-corrected chi connectivity index (χ2v) is 5.47. The Labute approximate surface area is 109 Å². The van der Waals surface area contributed by atoms with E-state index in [-0.39, 0.29) is 10.8 Å². The van der Waals surface area contributed by atoms with Gasteiger partial charge in [-0.05, 0) is 6.92 Å². The van der Waals surface area contributed by atoms with Crippen LogP contribution in [0.15, 0.2) is 23.4 Å². The van der Waals surface area contributed by atoms with E-state index in [1.165, 1.54) is 4.68 Å². The topological polar surface area (TPSA) is 128 Å². The Morgan fingerprint density at radius 3 is 2.42 bits per heavy atom. The summed E-state index contributed by atoms with van der Waals surface area (Å²) < 4.78 is 28.0. The van der Waals surface area contributed by atoms with Crippen LogP contribution in [0.2, 0.25) is 0 Å². The fourth-order valence-corrected chi connectivity index (χ4v) is 2.40. The minimum Gasteiger partial charge on any atom is -0.292 e. The molecule has 102 valence electrons. The summed E-state index contributed by atoms with van der Waals surface area (Å²) in [4.78, 5) is 7.42. The van der Waals surface area contributed by atoms with Crippen molar-refractivity contribution in [3.8, 4) is 0 Å². The molecule has 2 aromatic rings. The van der Waals surface area contributed by atoms with Crippen molar-refractivity contribution in [2.45, 2.75) is 11.8 Å². The van der Waals surface area contributed by atoms with E-state index in [1.807, 2.05) is 0 Å². The van der Waals surface area contributed by atoms with E-state index in [1.54, 1.807) is 20.0 Å². The zero-order valence-electron chi connectivity index (χ0n) is 10.3. The third-order valence-corrected chi connectivity index (χ3v) is 3.62. The lowest BCUT2D eigenvalue weighted by molar-refractivity contribution is 0.599. The van der Waals surface area contributed by atoms with Gasteiger partial charge in [-0.3, -0.25) is 14.8 Å². The molecule has 0 radical (unpaired) electrons. The summed E-state index contributed by atoms with van der Waals surface area (Å²) in [5.41, 5.74) is 2.92. The number of nitrogens with two attached hydrogens (primary N) is 1. The van der Waals surface area contributed by atoms with Gasteiger partial charge < -0.3 is 0 Å². The third-order valence-electron chi connectivity index (χ3n) is 2.31. The number of rotatable bonds is 4. The van der Waals surface area contributed by atoms with Crippen molar-refractivity contribution in [1.82, 2.24) is 19.7 Å². The van der Waals surface area contributed by atoms with Crippen molar-refractivity contribution >= 4 is 21.8 Å². The molecular weight excluding hydrogens is 270 g/mol. The smallest absolute Gasteiger partial charge is 0.266 e. The van der Waals surface area contributed by atoms with Crippen LogP contribution in [0, 0.1) is 6.92 Å². The lowest BCUT2D eigenvalue weighted by atomic mass is 10.5. The first-order chi connectivity index (χ1) is 8.92. The van der Waals surface area contributed by atoms with E-state index >= 15 is 0 Å². The molecule has 0 unspecified atom stereocenters. The Kier molecular flexibility index (Phi) is 3.36. The van der Waals surface area contributed by atoms with Crippen molar-refractivity contribution in [3.63, 3.8) is 0 Å². The molecule has 2 rings (SSSR count). The van der Waals surface area contributed by atoms with Gasteiger partial charge in [0.15, 0.2) is 0 Å². The molecule has 4 N–H and O–H groups in total. The van der Waals surface area contributed by atoms with Crippen LogP contribution in [0.4, 0.5) is 11.8 Å². The quantitative estimate of drug-likeness (QED) is 0.514. The molecule has 0 aliphatic rings.